The van der Waals surface area contributed by atoms with E-state index in [1.807, 2.05) is 18.7 Å². The number of rotatable bonds is 6. The van der Waals surface area contributed by atoms with Crippen molar-refractivity contribution < 1.29 is 24.6 Å². The van der Waals surface area contributed by atoms with Crippen LogP contribution in [-0.4, -0.2) is 52.0 Å². The van der Waals surface area contributed by atoms with Crippen LogP contribution in [0.2, 0.25) is 0 Å². The number of aromatic hydroxyl groups is 1. The zero-order chi connectivity index (χ0) is 23.5. The maximum Gasteiger partial charge on any atom is 0.227 e. The van der Waals surface area contributed by atoms with Gasteiger partial charge in [-0.15, -0.1) is 0 Å². The van der Waals surface area contributed by atoms with E-state index in [2.05, 4.69) is 5.32 Å². The molecule has 3 atom stereocenters. The van der Waals surface area contributed by atoms with E-state index in [0.717, 1.165) is 24.8 Å². The second kappa shape index (κ2) is 9.48. The number of benzene rings is 1. The Labute approximate surface area is 189 Å². The number of carbonyl (C=O) groups is 3. The first-order valence-electron chi connectivity index (χ1n) is 11.4. The van der Waals surface area contributed by atoms with Crippen LogP contribution in [0.25, 0.3) is 0 Å². The summed E-state index contributed by atoms with van der Waals surface area (Å²) in [5.41, 5.74) is 4.13. The van der Waals surface area contributed by atoms with Crippen molar-refractivity contribution in [1.29, 1.82) is 0 Å². The Morgan fingerprint density at radius 2 is 1.78 bits per heavy atom. The first-order valence-corrected chi connectivity index (χ1v) is 11.4. The van der Waals surface area contributed by atoms with Crippen LogP contribution >= 0.6 is 0 Å². The van der Waals surface area contributed by atoms with Crippen LogP contribution in [0.15, 0.2) is 24.3 Å². The third-order valence-electron chi connectivity index (χ3n) is 7.13. The molecule has 0 aromatic heterocycles. The van der Waals surface area contributed by atoms with E-state index in [-0.39, 0.29) is 42.4 Å². The Bertz CT molecular complexity index is 854. The molecule has 1 saturated carbocycles. The van der Waals surface area contributed by atoms with Crippen LogP contribution in [0, 0.1) is 11.3 Å². The van der Waals surface area contributed by atoms with Crippen molar-refractivity contribution in [2.75, 3.05) is 13.1 Å². The molecule has 5 N–H and O–H groups in total. The molecule has 0 radical (unpaired) electrons. The molecule has 0 unspecified atom stereocenters. The van der Waals surface area contributed by atoms with Gasteiger partial charge in [0.1, 0.15) is 5.75 Å². The summed E-state index contributed by atoms with van der Waals surface area (Å²) in [5, 5.41) is 24.1. The summed E-state index contributed by atoms with van der Waals surface area (Å²) in [7, 11) is 0. The second-order valence-corrected chi connectivity index (χ2v) is 9.83. The van der Waals surface area contributed by atoms with E-state index in [0.29, 0.717) is 25.9 Å². The summed E-state index contributed by atoms with van der Waals surface area (Å²) in [4.78, 5) is 38.5. The van der Waals surface area contributed by atoms with Crippen LogP contribution < -0.4 is 11.1 Å². The quantitative estimate of drug-likeness (QED) is 0.530. The molecule has 3 rings (SSSR count). The van der Waals surface area contributed by atoms with Crippen molar-refractivity contribution in [3.63, 3.8) is 0 Å². The van der Waals surface area contributed by atoms with E-state index in [9.17, 15) is 24.6 Å². The molecule has 1 saturated heterocycles. The molecule has 2 aliphatic rings. The number of nitrogens with zero attached hydrogens (tertiary/aromatic N) is 1. The Morgan fingerprint density at radius 1 is 1.12 bits per heavy atom. The number of primary amides is 1. The number of nitrogens with two attached hydrogens (primary N) is 1. The lowest BCUT2D eigenvalue weighted by atomic mass is 9.66. The molecule has 1 heterocycles. The minimum Gasteiger partial charge on any atom is -0.508 e. The predicted molar refractivity (Wildman–Crippen MR) is 119 cm³/mol. The molecule has 8 nitrogen and oxygen atoms in total. The minimum atomic E-state index is -1.12. The summed E-state index contributed by atoms with van der Waals surface area (Å²) < 4.78 is 0. The number of hydrogen-bond donors (Lipinski definition) is 4. The number of aliphatic hydroxyl groups is 1. The average Bonchev–Trinajstić information content (AvgIpc) is 2.74. The maximum atomic E-state index is 13.5. The standard InChI is InChI=1S/C24H35N3O5/c1-23(2)15-27(14-13-24(23,32)16-7-9-17(28)10-8-16)22(31)18-5-3-4-6-19(18)26-21(30)12-11-20(25)29/h7-10,18-19,28,32H,3-6,11-15H2,1-2H3,(H2,25,29)(H,26,30)/t18-,19+,24-/m0/s1. The van der Waals surface area contributed by atoms with Crippen LogP contribution in [0.1, 0.15) is 64.4 Å². The van der Waals surface area contributed by atoms with Gasteiger partial charge in [-0.1, -0.05) is 38.8 Å². The Hall–Kier alpha value is -2.61. The van der Waals surface area contributed by atoms with Gasteiger partial charge < -0.3 is 26.2 Å². The predicted octanol–water partition coefficient (Wildman–Crippen LogP) is 1.78. The molecule has 1 aliphatic heterocycles. The summed E-state index contributed by atoms with van der Waals surface area (Å²) >= 11 is 0. The summed E-state index contributed by atoms with van der Waals surface area (Å²) in [6.07, 6.45) is 3.72. The number of amides is 3. The van der Waals surface area contributed by atoms with Crippen LogP contribution in [0.5, 0.6) is 5.75 Å². The molecule has 8 heteroatoms. The Balaban J connectivity index is 1.69. The number of carbonyl (C=O) groups excluding carboxylic acids is 3. The van der Waals surface area contributed by atoms with Crippen molar-refractivity contribution in [2.24, 2.45) is 17.1 Å². The van der Waals surface area contributed by atoms with Gasteiger partial charge in [0.05, 0.1) is 11.5 Å². The number of piperidine rings is 1. The van der Waals surface area contributed by atoms with E-state index < -0.39 is 16.9 Å². The van der Waals surface area contributed by atoms with Crippen LogP contribution in [-0.2, 0) is 20.0 Å². The van der Waals surface area contributed by atoms with E-state index >= 15 is 0 Å². The van der Waals surface area contributed by atoms with Crippen molar-refractivity contribution in [3.8, 4) is 5.75 Å². The van der Waals surface area contributed by atoms with Crippen LogP contribution in [0.4, 0.5) is 0 Å². The first kappa shape index (κ1) is 24.0. The minimum absolute atomic E-state index is 0.00531. The van der Waals surface area contributed by atoms with Gasteiger partial charge >= 0.3 is 0 Å². The van der Waals surface area contributed by atoms with Gasteiger partial charge in [0.25, 0.3) is 0 Å². The smallest absolute Gasteiger partial charge is 0.227 e. The lowest BCUT2D eigenvalue weighted by Crippen LogP contribution is -2.59. The fourth-order valence-corrected chi connectivity index (χ4v) is 5.13. The van der Waals surface area contributed by atoms with Gasteiger partial charge in [0.15, 0.2) is 0 Å². The molecule has 32 heavy (non-hydrogen) atoms. The third-order valence-corrected chi connectivity index (χ3v) is 7.13. The zero-order valence-corrected chi connectivity index (χ0v) is 19.0. The second-order valence-electron chi connectivity index (χ2n) is 9.83. The lowest BCUT2D eigenvalue weighted by Gasteiger charge is -2.51. The molecule has 1 aromatic carbocycles. The highest BCUT2D eigenvalue weighted by atomic mass is 16.3. The molecule has 3 amide bonds. The lowest BCUT2D eigenvalue weighted by molar-refractivity contribution is -0.158. The van der Waals surface area contributed by atoms with Gasteiger partial charge in [0.2, 0.25) is 17.7 Å². The monoisotopic (exact) mass is 445 g/mol. The molecule has 176 valence electrons. The largest absolute Gasteiger partial charge is 0.508 e. The van der Waals surface area contributed by atoms with Gasteiger partial charge in [-0.05, 0) is 37.0 Å². The highest BCUT2D eigenvalue weighted by Crippen LogP contribution is 2.46. The van der Waals surface area contributed by atoms with Crippen molar-refractivity contribution in [2.45, 2.75) is 70.4 Å². The van der Waals surface area contributed by atoms with Gasteiger partial charge in [-0.25, -0.2) is 0 Å². The average molecular weight is 446 g/mol. The molecular formula is C24H35N3O5. The summed E-state index contributed by atoms with van der Waals surface area (Å²) in [6.45, 7) is 4.70. The molecule has 2 fully saturated rings. The highest BCUT2D eigenvalue weighted by Gasteiger charge is 2.50. The molecule has 1 aliphatic carbocycles. The van der Waals surface area contributed by atoms with Gasteiger partial charge in [-0.2, -0.15) is 0 Å². The van der Waals surface area contributed by atoms with E-state index in [1.165, 1.54) is 0 Å². The zero-order valence-electron chi connectivity index (χ0n) is 19.0. The SMILES string of the molecule is CC1(C)CN(C(=O)[C@H]2CCCC[C@H]2NC(=O)CCC(N)=O)CC[C@]1(O)c1ccc(O)cc1. The van der Waals surface area contributed by atoms with E-state index in [1.54, 1.807) is 24.3 Å². The Kier molecular flexibility index (Phi) is 7.12. The maximum absolute atomic E-state index is 13.5. The Morgan fingerprint density at radius 3 is 2.41 bits per heavy atom. The van der Waals surface area contributed by atoms with Crippen molar-refractivity contribution in [1.82, 2.24) is 10.2 Å². The summed E-state index contributed by atoms with van der Waals surface area (Å²) in [6, 6.07) is 6.33. The highest BCUT2D eigenvalue weighted by molar-refractivity contribution is 5.84. The third kappa shape index (κ3) is 5.06. The van der Waals surface area contributed by atoms with Crippen molar-refractivity contribution in [3.05, 3.63) is 29.8 Å². The number of phenolic OH excluding ortho intramolecular Hbond substituents is 1. The van der Waals surface area contributed by atoms with Crippen LogP contribution in [0.3, 0.4) is 0 Å². The van der Waals surface area contributed by atoms with Gasteiger partial charge in [0, 0.05) is 37.4 Å². The fourth-order valence-electron chi connectivity index (χ4n) is 5.13. The fraction of sp³-hybridized carbons (Fsp3) is 0.625. The number of nitrogens with one attached hydrogen (secondary N) is 1. The molecule has 1 aromatic rings. The summed E-state index contributed by atoms with van der Waals surface area (Å²) in [5.74, 6) is -0.936. The molecule has 0 bridgehead atoms. The van der Waals surface area contributed by atoms with E-state index in [4.69, 9.17) is 5.73 Å². The number of phenols is 1. The normalized spacial score (nSPS) is 27.5. The molecule has 0 spiro atoms. The number of hydrogen-bond acceptors (Lipinski definition) is 5. The van der Waals surface area contributed by atoms with Gasteiger partial charge in [-0.3, -0.25) is 14.4 Å². The topological polar surface area (TPSA) is 133 Å². The van der Waals surface area contributed by atoms with Crippen molar-refractivity contribution >= 4 is 17.7 Å². The molecular weight excluding hydrogens is 410 g/mol. The number of likely N-dealkylation sites (tertiary alicyclic amines) is 1. The first-order chi connectivity index (χ1) is 15.0.